The molecule has 2 rings (SSSR count). The van der Waals surface area contributed by atoms with Crippen LogP contribution in [0.15, 0.2) is 29.7 Å². The third-order valence-corrected chi connectivity index (χ3v) is 4.48. The number of hydrogen-bond donors (Lipinski definition) is 0. The first-order chi connectivity index (χ1) is 12.4. The molecule has 2 amide bonds. The van der Waals surface area contributed by atoms with Crippen molar-refractivity contribution in [3.05, 3.63) is 40.3 Å². The number of hydrogen-bond acceptors (Lipinski definition) is 7. The molecule has 0 aliphatic carbocycles. The summed E-state index contributed by atoms with van der Waals surface area (Å²) in [6, 6.07) is 3.12. The van der Waals surface area contributed by atoms with E-state index >= 15 is 0 Å². The fourth-order valence-corrected chi connectivity index (χ4v) is 3.21. The predicted molar refractivity (Wildman–Crippen MR) is 98.4 cm³/mol. The summed E-state index contributed by atoms with van der Waals surface area (Å²) < 4.78 is 15.1. The van der Waals surface area contributed by atoms with Crippen LogP contribution < -0.4 is 9.47 Å². The van der Waals surface area contributed by atoms with Gasteiger partial charge in [0.05, 0.1) is 24.1 Å². The van der Waals surface area contributed by atoms with E-state index in [2.05, 4.69) is 11.3 Å². The minimum Gasteiger partial charge on any atom is -0.493 e. The summed E-state index contributed by atoms with van der Waals surface area (Å²) in [6.07, 6.45) is 3.01. The van der Waals surface area contributed by atoms with E-state index in [0.717, 1.165) is 16.7 Å². The molecule has 0 spiro atoms. The fraction of sp³-hybridized carbons (Fsp3) is 0.235. The average Bonchev–Trinajstić information content (AvgIpc) is 2.87. The van der Waals surface area contributed by atoms with Gasteiger partial charge in [-0.05, 0) is 35.5 Å². The zero-order chi connectivity index (χ0) is 19.3. The second kappa shape index (κ2) is 8.77. The highest BCUT2D eigenvalue weighted by Gasteiger charge is 2.34. The molecule has 1 aromatic rings. The molecule has 0 aromatic heterocycles. The molecular formula is C17H16ClNO6S. The van der Waals surface area contributed by atoms with E-state index in [0.29, 0.717) is 5.56 Å². The molecule has 1 aromatic carbocycles. The molecular weight excluding hydrogens is 382 g/mol. The largest absolute Gasteiger partial charge is 0.493 e. The van der Waals surface area contributed by atoms with E-state index in [9.17, 15) is 14.4 Å². The Balaban J connectivity index is 2.30. The first-order valence-electron chi connectivity index (χ1n) is 7.34. The lowest BCUT2D eigenvalue weighted by Crippen LogP contribution is -2.27. The van der Waals surface area contributed by atoms with Crippen molar-refractivity contribution in [1.82, 2.24) is 4.90 Å². The quantitative estimate of drug-likeness (QED) is 0.397. The molecule has 26 heavy (non-hydrogen) atoms. The maximum absolute atomic E-state index is 12.3. The molecule has 7 nitrogen and oxygen atoms in total. The number of amides is 2. The molecule has 0 unspecified atom stereocenters. The number of ether oxygens (including phenoxy) is 3. The first-order valence-corrected chi connectivity index (χ1v) is 8.54. The van der Waals surface area contributed by atoms with Crippen LogP contribution in [0.1, 0.15) is 5.56 Å². The van der Waals surface area contributed by atoms with Gasteiger partial charge in [0, 0.05) is 6.54 Å². The van der Waals surface area contributed by atoms with Crippen molar-refractivity contribution in [2.75, 3.05) is 27.4 Å². The van der Waals surface area contributed by atoms with Crippen LogP contribution in [0, 0.1) is 0 Å². The number of rotatable bonds is 7. The number of imide groups is 1. The Morgan fingerprint density at radius 3 is 2.69 bits per heavy atom. The summed E-state index contributed by atoms with van der Waals surface area (Å²) >= 11 is 7.03. The minimum atomic E-state index is -0.567. The minimum absolute atomic E-state index is 0.145. The summed E-state index contributed by atoms with van der Waals surface area (Å²) in [5, 5.41) is -0.179. The summed E-state index contributed by atoms with van der Waals surface area (Å²) in [6.45, 7) is 3.34. The smallest absolute Gasteiger partial charge is 0.343 e. The Labute approximate surface area is 159 Å². The molecule has 1 saturated heterocycles. The molecule has 0 radical (unpaired) electrons. The maximum Gasteiger partial charge on any atom is 0.343 e. The van der Waals surface area contributed by atoms with Crippen molar-refractivity contribution in [3.63, 3.8) is 0 Å². The Morgan fingerprint density at radius 2 is 2.08 bits per heavy atom. The standard InChI is InChI=1S/C17H16ClNO6S/c1-4-5-19-16(21)13(26-17(19)22)8-10-6-11(18)15(12(7-10)23-2)25-9-14(20)24-3/h4,6-8H,1,5,9H2,2-3H3/b13-8-. The van der Waals surface area contributed by atoms with Gasteiger partial charge in [0.25, 0.3) is 11.1 Å². The van der Waals surface area contributed by atoms with E-state index in [1.54, 1.807) is 6.07 Å². The van der Waals surface area contributed by atoms with Crippen LogP contribution in [0.2, 0.25) is 5.02 Å². The highest BCUT2D eigenvalue weighted by molar-refractivity contribution is 8.18. The van der Waals surface area contributed by atoms with Crippen LogP contribution in [0.3, 0.4) is 0 Å². The van der Waals surface area contributed by atoms with Crippen molar-refractivity contribution in [3.8, 4) is 11.5 Å². The van der Waals surface area contributed by atoms with Crippen LogP contribution >= 0.6 is 23.4 Å². The number of benzene rings is 1. The lowest BCUT2D eigenvalue weighted by atomic mass is 10.1. The van der Waals surface area contributed by atoms with Gasteiger partial charge in [0.2, 0.25) is 0 Å². The lowest BCUT2D eigenvalue weighted by molar-refractivity contribution is -0.142. The van der Waals surface area contributed by atoms with Gasteiger partial charge < -0.3 is 14.2 Å². The van der Waals surface area contributed by atoms with Gasteiger partial charge in [-0.15, -0.1) is 6.58 Å². The summed E-state index contributed by atoms with van der Waals surface area (Å²) in [5.74, 6) is -0.515. The molecule has 0 saturated carbocycles. The molecule has 1 heterocycles. The Morgan fingerprint density at radius 1 is 1.35 bits per heavy atom. The van der Waals surface area contributed by atoms with Gasteiger partial charge in [0.1, 0.15) is 0 Å². The SMILES string of the molecule is C=CCN1C(=O)S/C(=C\c2cc(Cl)c(OCC(=O)OC)c(OC)c2)C1=O. The second-order valence-corrected chi connectivity index (χ2v) is 6.38. The predicted octanol–water partition coefficient (Wildman–Crippen LogP) is 3.12. The number of esters is 1. The van der Waals surface area contributed by atoms with Gasteiger partial charge in [-0.2, -0.15) is 0 Å². The number of carbonyl (C=O) groups excluding carboxylic acids is 3. The fourth-order valence-electron chi connectivity index (χ4n) is 2.09. The highest BCUT2D eigenvalue weighted by Crippen LogP contribution is 2.38. The van der Waals surface area contributed by atoms with Crippen LogP contribution in [0.5, 0.6) is 11.5 Å². The summed E-state index contributed by atoms with van der Waals surface area (Å²) in [5.41, 5.74) is 0.543. The molecule has 0 bridgehead atoms. The highest BCUT2D eigenvalue weighted by atomic mass is 35.5. The number of halogens is 1. The van der Waals surface area contributed by atoms with Crippen LogP contribution in [0.4, 0.5) is 4.79 Å². The monoisotopic (exact) mass is 397 g/mol. The Kier molecular flexibility index (Phi) is 6.70. The molecule has 1 aliphatic rings. The Hall–Kier alpha value is -2.45. The first kappa shape index (κ1) is 19.9. The molecule has 9 heteroatoms. The molecule has 138 valence electrons. The zero-order valence-corrected chi connectivity index (χ0v) is 15.7. The van der Waals surface area contributed by atoms with E-state index in [1.807, 2.05) is 0 Å². The van der Waals surface area contributed by atoms with Gasteiger partial charge in [-0.1, -0.05) is 17.7 Å². The number of nitrogens with zero attached hydrogens (tertiary/aromatic N) is 1. The zero-order valence-electron chi connectivity index (χ0n) is 14.1. The number of carbonyl (C=O) groups is 3. The molecule has 0 N–H and O–H groups in total. The van der Waals surface area contributed by atoms with Gasteiger partial charge in [0.15, 0.2) is 18.1 Å². The summed E-state index contributed by atoms with van der Waals surface area (Å²) in [4.78, 5) is 36.7. The van der Waals surface area contributed by atoms with Crippen LogP contribution in [-0.2, 0) is 14.3 Å². The van der Waals surface area contributed by atoms with Crippen molar-refractivity contribution in [1.29, 1.82) is 0 Å². The Bertz CT molecular complexity index is 792. The van der Waals surface area contributed by atoms with E-state index in [1.165, 1.54) is 32.4 Å². The molecule has 1 aliphatic heterocycles. The van der Waals surface area contributed by atoms with Gasteiger partial charge in [-0.3, -0.25) is 14.5 Å². The van der Waals surface area contributed by atoms with E-state index in [4.69, 9.17) is 21.1 Å². The third-order valence-electron chi connectivity index (χ3n) is 3.30. The third kappa shape index (κ3) is 4.39. The lowest BCUT2D eigenvalue weighted by Gasteiger charge is -2.12. The van der Waals surface area contributed by atoms with Gasteiger partial charge >= 0.3 is 5.97 Å². The molecule has 1 fully saturated rings. The normalized spacial score (nSPS) is 15.3. The van der Waals surface area contributed by atoms with Crippen molar-refractivity contribution in [2.45, 2.75) is 0 Å². The maximum atomic E-state index is 12.3. The second-order valence-electron chi connectivity index (χ2n) is 4.98. The van der Waals surface area contributed by atoms with Crippen molar-refractivity contribution in [2.24, 2.45) is 0 Å². The summed E-state index contributed by atoms with van der Waals surface area (Å²) in [7, 11) is 2.66. The van der Waals surface area contributed by atoms with E-state index in [-0.39, 0.29) is 39.8 Å². The van der Waals surface area contributed by atoms with Crippen LogP contribution in [0.25, 0.3) is 6.08 Å². The number of thioether (sulfide) groups is 1. The topological polar surface area (TPSA) is 82.1 Å². The number of methoxy groups -OCH3 is 2. The average molecular weight is 398 g/mol. The van der Waals surface area contributed by atoms with Crippen LogP contribution in [-0.4, -0.2) is 49.4 Å². The van der Waals surface area contributed by atoms with Crippen molar-refractivity contribution < 1.29 is 28.6 Å². The van der Waals surface area contributed by atoms with Crippen molar-refractivity contribution >= 4 is 46.6 Å². The molecule has 0 atom stereocenters. The van der Waals surface area contributed by atoms with Gasteiger partial charge in [-0.25, -0.2) is 4.79 Å². The van der Waals surface area contributed by atoms with E-state index < -0.39 is 11.9 Å².